The van der Waals surface area contributed by atoms with Gasteiger partial charge in [-0.2, -0.15) is 0 Å². The number of likely N-dealkylation sites (tertiary alicyclic amines) is 1. The number of nitrogens with zero attached hydrogens (tertiary/aromatic N) is 1. The lowest BCUT2D eigenvalue weighted by Crippen LogP contribution is -2.60. The molecule has 0 spiro atoms. The first-order valence-electron chi connectivity index (χ1n) is 5.50. The van der Waals surface area contributed by atoms with Gasteiger partial charge < -0.3 is 15.3 Å². The van der Waals surface area contributed by atoms with E-state index in [1.165, 1.54) is 4.90 Å². The van der Waals surface area contributed by atoms with Gasteiger partial charge in [-0.25, -0.2) is 9.59 Å². The fraction of sp³-hybridized carbons (Fsp3) is 0.636. The van der Waals surface area contributed by atoms with Crippen molar-refractivity contribution in [1.82, 2.24) is 10.2 Å². The minimum Gasteiger partial charge on any atom is -0.480 e. The minimum absolute atomic E-state index is 0.145. The number of carboxylic acids is 1. The second-order valence-electron chi connectivity index (χ2n) is 4.36. The zero-order valence-electron chi connectivity index (χ0n) is 9.83. The molecule has 2 amide bonds. The van der Waals surface area contributed by atoms with Crippen LogP contribution in [0, 0.1) is 0 Å². The third-order valence-electron chi connectivity index (χ3n) is 3.03. The highest BCUT2D eigenvalue weighted by molar-refractivity contribution is 6.29. The van der Waals surface area contributed by atoms with E-state index in [9.17, 15) is 14.7 Å². The monoisotopic (exact) mass is 260 g/mol. The fourth-order valence-corrected chi connectivity index (χ4v) is 2.00. The van der Waals surface area contributed by atoms with Crippen molar-refractivity contribution in [3.63, 3.8) is 0 Å². The number of hydrogen-bond donors (Lipinski definition) is 2. The third kappa shape index (κ3) is 3.12. The van der Waals surface area contributed by atoms with Gasteiger partial charge >= 0.3 is 12.0 Å². The molecule has 0 bridgehead atoms. The molecule has 1 fully saturated rings. The van der Waals surface area contributed by atoms with E-state index in [-0.39, 0.29) is 6.54 Å². The van der Waals surface area contributed by atoms with Crippen LogP contribution in [0.5, 0.6) is 0 Å². The summed E-state index contributed by atoms with van der Waals surface area (Å²) in [6, 6.07) is -0.406. The number of hydrogen-bond acceptors (Lipinski definition) is 2. The molecule has 0 saturated carbocycles. The van der Waals surface area contributed by atoms with Crippen LogP contribution in [0.2, 0.25) is 0 Å². The summed E-state index contributed by atoms with van der Waals surface area (Å²) in [7, 11) is 0. The summed E-state index contributed by atoms with van der Waals surface area (Å²) < 4.78 is 0. The second-order valence-corrected chi connectivity index (χ2v) is 4.90. The van der Waals surface area contributed by atoms with Gasteiger partial charge in [-0.15, -0.1) is 0 Å². The molecule has 1 heterocycles. The topological polar surface area (TPSA) is 69.6 Å². The van der Waals surface area contributed by atoms with E-state index in [1.54, 1.807) is 6.92 Å². The van der Waals surface area contributed by atoms with Gasteiger partial charge in [0, 0.05) is 11.6 Å². The Morgan fingerprint density at radius 2 is 2.18 bits per heavy atom. The molecule has 0 aliphatic carbocycles. The lowest BCUT2D eigenvalue weighted by molar-refractivity contribution is -0.150. The number of nitrogens with one attached hydrogen (secondary N) is 1. The van der Waals surface area contributed by atoms with E-state index < -0.39 is 17.5 Å². The smallest absolute Gasteiger partial charge is 0.329 e. The molecule has 1 saturated heterocycles. The summed E-state index contributed by atoms with van der Waals surface area (Å²) in [6.07, 6.45) is 2.10. The molecular weight excluding hydrogens is 244 g/mol. The summed E-state index contributed by atoms with van der Waals surface area (Å²) in [4.78, 5) is 24.5. The standard InChI is InChI=1S/C11H17ClN2O3/c1-8(12)7-13-10(17)14-6-4-3-5-11(14,2)9(15)16/h1,3-7H2,2H3,(H,13,17)(H,15,16). The van der Waals surface area contributed by atoms with E-state index >= 15 is 0 Å². The van der Waals surface area contributed by atoms with Crippen LogP contribution in [-0.2, 0) is 4.79 Å². The zero-order chi connectivity index (χ0) is 13.1. The van der Waals surface area contributed by atoms with Gasteiger partial charge in [0.2, 0.25) is 0 Å². The molecule has 17 heavy (non-hydrogen) atoms. The van der Waals surface area contributed by atoms with E-state index in [0.29, 0.717) is 18.0 Å². The predicted molar refractivity (Wildman–Crippen MR) is 65.0 cm³/mol. The Hall–Kier alpha value is -1.23. The lowest BCUT2D eigenvalue weighted by atomic mass is 9.89. The molecule has 1 rings (SSSR count). The highest BCUT2D eigenvalue weighted by Gasteiger charge is 2.43. The Morgan fingerprint density at radius 3 is 2.71 bits per heavy atom. The van der Waals surface area contributed by atoms with Crippen LogP contribution < -0.4 is 5.32 Å². The third-order valence-corrected chi connectivity index (χ3v) is 3.16. The largest absolute Gasteiger partial charge is 0.480 e. The summed E-state index contributed by atoms with van der Waals surface area (Å²) >= 11 is 5.55. The fourth-order valence-electron chi connectivity index (χ4n) is 1.94. The Bertz CT molecular complexity index is 346. The van der Waals surface area contributed by atoms with E-state index in [1.807, 2.05) is 0 Å². The molecular formula is C11H17ClN2O3. The van der Waals surface area contributed by atoms with Gasteiger partial charge in [0.05, 0.1) is 6.54 Å². The van der Waals surface area contributed by atoms with Crippen LogP contribution >= 0.6 is 11.6 Å². The van der Waals surface area contributed by atoms with Crippen LogP contribution in [0.15, 0.2) is 11.6 Å². The van der Waals surface area contributed by atoms with Crippen molar-refractivity contribution < 1.29 is 14.7 Å². The van der Waals surface area contributed by atoms with Crippen LogP contribution in [0.4, 0.5) is 4.79 Å². The van der Waals surface area contributed by atoms with Crippen LogP contribution in [0.1, 0.15) is 26.2 Å². The number of rotatable bonds is 3. The van der Waals surface area contributed by atoms with Crippen molar-refractivity contribution in [1.29, 1.82) is 0 Å². The number of carboxylic acid groups (broad SMARTS) is 1. The second kappa shape index (κ2) is 5.40. The van der Waals surface area contributed by atoms with Crippen molar-refractivity contribution in [2.45, 2.75) is 31.7 Å². The number of amides is 2. The van der Waals surface area contributed by atoms with Crippen molar-refractivity contribution >= 4 is 23.6 Å². The summed E-state index contributed by atoms with van der Waals surface area (Å²) in [5, 5.41) is 12.1. The van der Waals surface area contributed by atoms with Gasteiger partial charge in [0.25, 0.3) is 0 Å². The molecule has 6 heteroatoms. The lowest BCUT2D eigenvalue weighted by Gasteiger charge is -2.41. The Balaban J connectivity index is 2.74. The van der Waals surface area contributed by atoms with E-state index in [4.69, 9.17) is 11.6 Å². The molecule has 0 radical (unpaired) electrons. The average Bonchev–Trinajstić information content (AvgIpc) is 2.26. The van der Waals surface area contributed by atoms with Crippen molar-refractivity contribution in [3.05, 3.63) is 11.6 Å². The molecule has 1 unspecified atom stereocenters. The minimum atomic E-state index is -1.13. The maximum Gasteiger partial charge on any atom is 0.329 e. The van der Waals surface area contributed by atoms with Crippen molar-refractivity contribution in [3.8, 4) is 0 Å². The zero-order valence-corrected chi connectivity index (χ0v) is 10.6. The molecule has 5 nitrogen and oxygen atoms in total. The first-order chi connectivity index (χ1) is 7.88. The molecule has 0 aromatic carbocycles. The van der Waals surface area contributed by atoms with Crippen molar-refractivity contribution in [2.75, 3.05) is 13.1 Å². The normalized spacial score (nSPS) is 24.2. The van der Waals surface area contributed by atoms with Gasteiger partial charge in [0.1, 0.15) is 5.54 Å². The predicted octanol–water partition coefficient (Wildman–Crippen LogP) is 1.78. The van der Waals surface area contributed by atoms with Crippen molar-refractivity contribution in [2.24, 2.45) is 0 Å². The average molecular weight is 261 g/mol. The summed E-state index contributed by atoms with van der Waals surface area (Å²) in [5.41, 5.74) is -1.13. The highest BCUT2D eigenvalue weighted by Crippen LogP contribution is 2.28. The molecule has 1 atom stereocenters. The van der Waals surface area contributed by atoms with Gasteiger partial charge in [0.15, 0.2) is 0 Å². The molecule has 0 aromatic rings. The van der Waals surface area contributed by atoms with Crippen LogP contribution in [0.3, 0.4) is 0 Å². The highest BCUT2D eigenvalue weighted by atomic mass is 35.5. The maximum atomic E-state index is 11.9. The van der Waals surface area contributed by atoms with Crippen LogP contribution in [0.25, 0.3) is 0 Å². The Morgan fingerprint density at radius 1 is 1.53 bits per heavy atom. The SMILES string of the molecule is C=C(Cl)CNC(=O)N1CCCCC1(C)C(=O)O. The number of piperidine rings is 1. The van der Waals surface area contributed by atoms with Gasteiger partial charge in [-0.05, 0) is 26.2 Å². The van der Waals surface area contributed by atoms with Crippen LogP contribution in [-0.4, -0.2) is 40.6 Å². The first-order valence-corrected chi connectivity index (χ1v) is 5.88. The molecule has 1 aliphatic rings. The molecule has 96 valence electrons. The van der Waals surface area contributed by atoms with E-state index in [0.717, 1.165) is 12.8 Å². The van der Waals surface area contributed by atoms with E-state index in [2.05, 4.69) is 11.9 Å². The Kier molecular flexibility index (Phi) is 4.40. The number of carbonyl (C=O) groups excluding carboxylic acids is 1. The molecule has 1 aliphatic heterocycles. The maximum absolute atomic E-state index is 11.9. The molecule has 0 aromatic heterocycles. The van der Waals surface area contributed by atoms with Gasteiger partial charge in [-0.3, -0.25) is 0 Å². The number of urea groups is 1. The quantitative estimate of drug-likeness (QED) is 0.813. The number of aliphatic carboxylic acids is 1. The summed E-state index contributed by atoms with van der Waals surface area (Å²) in [6.45, 7) is 5.63. The number of halogens is 1. The first kappa shape index (κ1) is 13.8. The van der Waals surface area contributed by atoms with Gasteiger partial charge in [-0.1, -0.05) is 18.2 Å². The Labute approximate surface area is 105 Å². The molecule has 2 N–H and O–H groups in total. The number of carbonyl (C=O) groups is 2. The summed E-state index contributed by atoms with van der Waals surface area (Å²) in [5.74, 6) is -0.975.